The second-order valence-corrected chi connectivity index (χ2v) is 6.15. The molecule has 1 amide bonds. The van der Waals surface area contributed by atoms with Crippen LogP contribution in [0.2, 0.25) is 5.02 Å². The average molecular weight is 285 g/mol. The van der Waals surface area contributed by atoms with E-state index in [1.54, 1.807) is 11.0 Å². The first kappa shape index (κ1) is 11.3. The first-order valence-corrected chi connectivity index (χ1v) is 6.89. The molecule has 1 fully saturated rings. The van der Waals surface area contributed by atoms with Gasteiger partial charge in [0.25, 0.3) is 0 Å². The lowest BCUT2D eigenvalue weighted by atomic mass is 10.3. The van der Waals surface area contributed by atoms with Crippen LogP contribution in [0.3, 0.4) is 0 Å². The van der Waals surface area contributed by atoms with Crippen molar-refractivity contribution >= 4 is 56.8 Å². The van der Waals surface area contributed by atoms with E-state index in [2.05, 4.69) is 17.6 Å². The molecule has 0 spiro atoms. The van der Waals surface area contributed by atoms with E-state index in [9.17, 15) is 4.79 Å². The largest absolute Gasteiger partial charge is 0.287 e. The minimum Gasteiger partial charge on any atom is -0.287 e. The molecule has 3 nitrogen and oxygen atoms in total. The number of fused-ring (bicyclic) bond motifs is 1. The summed E-state index contributed by atoms with van der Waals surface area (Å²) in [5.74, 6) is 0.0927. The van der Waals surface area contributed by atoms with E-state index in [-0.39, 0.29) is 11.2 Å². The van der Waals surface area contributed by atoms with Crippen molar-refractivity contribution in [3.63, 3.8) is 0 Å². The van der Waals surface area contributed by atoms with E-state index >= 15 is 0 Å². The van der Waals surface area contributed by atoms with Crippen molar-refractivity contribution < 1.29 is 4.79 Å². The van der Waals surface area contributed by atoms with Gasteiger partial charge in [0.1, 0.15) is 0 Å². The summed E-state index contributed by atoms with van der Waals surface area (Å²) in [7, 11) is 0. The monoisotopic (exact) mass is 284 g/mol. The van der Waals surface area contributed by atoms with Gasteiger partial charge in [0.05, 0.1) is 10.2 Å². The zero-order valence-corrected chi connectivity index (χ0v) is 11.2. The summed E-state index contributed by atoms with van der Waals surface area (Å²) in [6, 6.07) is 5.55. The third kappa shape index (κ3) is 2.03. The molecule has 1 saturated heterocycles. The van der Waals surface area contributed by atoms with Gasteiger partial charge in [-0.1, -0.05) is 22.9 Å². The van der Waals surface area contributed by atoms with Gasteiger partial charge in [-0.15, -0.1) is 0 Å². The van der Waals surface area contributed by atoms with Crippen molar-refractivity contribution in [2.24, 2.45) is 0 Å². The number of nitrogens with zero attached hydrogens (tertiary/aromatic N) is 2. The number of aromatic nitrogens is 1. The maximum absolute atomic E-state index is 11.7. The highest BCUT2D eigenvalue weighted by molar-refractivity contribution is 7.81. The lowest BCUT2D eigenvalue weighted by Crippen LogP contribution is -2.24. The van der Waals surface area contributed by atoms with Crippen LogP contribution in [0, 0.1) is 0 Å². The number of benzene rings is 1. The maximum Gasteiger partial charge on any atom is 0.229 e. The van der Waals surface area contributed by atoms with Gasteiger partial charge in [-0.2, -0.15) is 12.6 Å². The van der Waals surface area contributed by atoms with Crippen molar-refractivity contribution in [2.75, 3.05) is 11.4 Å². The van der Waals surface area contributed by atoms with Crippen molar-refractivity contribution in [2.45, 2.75) is 11.7 Å². The van der Waals surface area contributed by atoms with Gasteiger partial charge >= 0.3 is 0 Å². The number of amides is 1. The van der Waals surface area contributed by atoms with Gasteiger partial charge in [-0.05, 0) is 18.2 Å². The van der Waals surface area contributed by atoms with Crippen LogP contribution in [0.5, 0.6) is 0 Å². The fourth-order valence-electron chi connectivity index (χ4n) is 1.88. The summed E-state index contributed by atoms with van der Waals surface area (Å²) in [5, 5.41) is 1.54. The summed E-state index contributed by atoms with van der Waals surface area (Å²) in [5.41, 5.74) is 0.879. The highest BCUT2D eigenvalue weighted by Gasteiger charge is 2.30. The molecule has 0 saturated carbocycles. The van der Waals surface area contributed by atoms with E-state index in [4.69, 9.17) is 11.6 Å². The van der Waals surface area contributed by atoms with E-state index in [0.29, 0.717) is 18.0 Å². The normalized spacial score (nSPS) is 20.5. The Morgan fingerprint density at radius 3 is 3.06 bits per heavy atom. The van der Waals surface area contributed by atoms with E-state index in [1.807, 2.05) is 12.1 Å². The summed E-state index contributed by atoms with van der Waals surface area (Å²) >= 11 is 11.7. The van der Waals surface area contributed by atoms with Crippen LogP contribution < -0.4 is 4.90 Å². The number of rotatable bonds is 1. The molecule has 1 aromatic heterocycles. The number of carbonyl (C=O) groups is 1. The Hall–Kier alpha value is -0.780. The fourth-order valence-corrected chi connectivity index (χ4v) is 3.46. The molecule has 1 unspecified atom stereocenters. The Labute approximate surface area is 113 Å². The Kier molecular flexibility index (Phi) is 2.77. The molecule has 88 valence electrons. The van der Waals surface area contributed by atoms with Gasteiger partial charge in [-0.3, -0.25) is 9.69 Å². The van der Waals surface area contributed by atoms with Crippen LogP contribution in [0.25, 0.3) is 10.2 Å². The number of thiazole rings is 1. The second kappa shape index (κ2) is 4.15. The lowest BCUT2D eigenvalue weighted by molar-refractivity contribution is -0.117. The van der Waals surface area contributed by atoms with Crippen LogP contribution in [0.4, 0.5) is 5.13 Å². The van der Waals surface area contributed by atoms with E-state index < -0.39 is 0 Å². The smallest absolute Gasteiger partial charge is 0.229 e. The zero-order valence-electron chi connectivity index (χ0n) is 8.76. The molecule has 3 rings (SSSR count). The van der Waals surface area contributed by atoms with Crippen LogP contribution in [-0.4, -0.2) is 22.7 Å². The molecule has 2 aromatic rings. The molecule has 0 N–H and O–H groups in total. The van der Waals surface area contributed by atoms with Gasteiger partial charge in [0.2, 0.25) is 5.91 Å². The first-order valence-electron chi connectivity index (χ1n) is 5.18. The molecule has 0 aliphatic carbocycles. The Morgan fingerprint density at radius 1 is 1.53 bits per heavy atom. The number of carbonyl (C=O) groups excluding carboxylic acids is 1. The first-order chi connectivity index (χ1) is 8.13. The summed E-state index contributed by atoms with van der Waals surface area (Å²) in [6.45, 7) is 0.634. The molecule has 1 aliphatic rings. The fraction of sp³-hybridized carbons (Fsp3) is 0.273. The summed E-state index contributed by atoms with van der Waals surface area (Å²) in [6.07, 6.45) is 0.486. The molecule has 2 heterocycles. The number of hydrogen-bond acceptors (Lipinski definition) is 4. The van der Waals surface area contributed by atoms with Crippen molar-refractivity contribution in [3.05, 3.63) is 23.2 Å². The second-order valence-electron chi connectivity index (χ2n) is 3.97. The molecule has 17 heavy (non-hydrogen) atoms. The third-order valence-corrected chi connectivity index (χ3v) is 4.30. The highest BCUT2D eigenvalue weighted by Crippen LogP contribution is 2.33. The predicted molar refractivity (Wildman–Crippen MR) is 74.4 cm³/mol. The molecule has 1 aromatic carbocycles. The van der Waals surface area contributed by atoms with Crippen molar-refractivity contribution in [1.29, 1.82) is 0 Å². The number of halogens is 1. The quantitative estimate of drug-likeness (QED) is 0.817. The van der Waals surface area contributed by atoms with Crippen molar-refractivity contribution in [3.8, 4) is 0 Å². The molecule has 1 atom stereocenters. The molecular weight excluding hydrogens is 276 g/mol. The standard InChI is InChI=1S/C11H9ClN2OS2/c12-6-1-2-8-9(3-6)17-11(13-8)14-5-7(16)4-10(14)15/h1-3,7,16H,4-5H2. The molecule has 0 bridgehead atoms. The zero-order chi connectivity index (χ0) is 12.0. The van der Waals surface area contributed by atoms with Crippen LogP contribution >= 0.6 is 35.6 Å². The number of thiol groups is 1. The highest BCUT2D eigenvalue weighted by atomic mass is 35.5. The van der Waals surface area contributed by atoms with Crippen LogP contribution in [0.15, 0.2) is 18.2 Å². The molecule has 6 heteroatoms. The van der Waals surface area contributed by atoms with Gasteiger partial charge < -0.3 is 0 Å². The lowest BCUT2D eigenvalue weighted by Gasteiger charge is -2.10. The third-order valence-electron chi connectivity index (χ3n) is 2.67. The number of anilines is 1. The van der Waals surface area contributed by atoms with E-state index in [0.717, 1.165) is 15.3 Å². The minimum atomic E-state index is 0.0927. The number of hydrogen-bond donors (Lipinski definition) is 1. The molecular formula is C11H9ClN2OS2. The summed E-state index contributed by atoms with van der Waals surface area (Å²) in [4.78, 5) is 17.9. The van der Waals surface area contributed by atoms with Gasteiger partial charge in [-0.25, -0.2) is 4.98 Å². The van der Waals surface area contributed by atoms with E-state index in [1.165, 1.54) is 11.3 Å². The average Bonchev–Trinajstić information content (AvgIpc) is 2.80. The molecule has 1 aliphatic heterocycles. The maximum atomic E-state index is 11.7. The van der Waals surface area contributed by atoms with Crippen molar-refractivity contribution in [1.82, 2.24) is 4.98 Å². The molecule has 0 radical (unpaired) electrons. The minimum absolute atomic E-state index is 0.0927. The topological polar surface area (TPSA) is 33.2 Å². The van der Waals surface area contributed by atoms with Gasteiger partial charge in [0.15, 0.2) is 5.13 Å². The Balaban J connectivity index is 2.03. The SMILES string of the molecule is O=C1CC(S)CN1c1nc2ccc(Cl)cc2s1. The Bertz CT molecular complexity index is 598. The Morgan fingerprint density at radius 2 is 2.35 bits per heavy atom. The summed E-state index contributed by atoms with van der Waals surface area (Å²) < 4.78 is 1.00. The van der Waals surface area contributed by atoms with Crippen LogP contribution in [-0.2, 0) is 4.79 Å². The predicted octanol–water partition coefficient (Wildman–Crippen LogP) is 2.98. The van der Waals surface area contributed by atoms with Crippen LogP contribution in [0.1, 0.15) is 6.42 Å². The van der Waals surface area contributed by atoms with Gasteiger partial charge in [0, 0.05) is 23.2 Å².